The maximum Gasteiger partial charge on any atom is 0.226 e. The molecule has 0 radical (unpaired) electrons. The summed E-state index contributed by atoms with van der Waals surface area (Å²) < 4.78 is 0. The Morgan fingerprint density at radius 3 is 1.43 bits per heavy atom. The highest BCUT2D eigenvalue weighted by atomic mass is 16.2. The van der Waals surface area contributed by atoms with Crippen LogP contribution >= 0.6 is 0 Å². The molecule has 14 heteroatoms. The first-order valence-corrected chi connectivity index (χ1v) is 13.0. The van der Waals surface area contributed by atoms with Crippen LogP contribution in [-0.2, 0) is 9.59 Å². The third kappa shape index (κ3) is 6.80. The summed E-state index contributed by atoms with van der Waals surface area (Å²) in [5.74, 6) is 0.903. The first-order valence-electron chi connectivity index (χ1n) is 13.0. The fraction of sp³-hybridized carbons (Fsp3) is 0.143. The molecule has 0 atom stereocenters. The number of nitrogens with zero attached hydrogens (tertiary/aromatic N) is 4. The summed E-state index contributed by atoms with van der Waals surface area (Å²) in [7, 11) is 0. The zero-order valence-corrected chi connectivity index (χ0v) is 22.5. The van der Waals surface area contributed by atoms with Crippen molar-refractivity contribution in [3.05, 3.63) is 60.7 Å². The molecule has 12 N–H and O–H groups in total. The Hall–Kier alpha value is -5.92. The number of benzene rings is 3. The molecule has 0 aliphatic carbocycles. The topological polar surface area (TPSA) is 244 Å². The molecule has 0 saturated heterocycles. The molecule has 214 valence electrons. The number of amides is 2. The lowest BCUT2D eigenvalue weighted by atomic mass is 10.1. The van der Waals surface area contributed by atoms with E-state index in [9.17, 15) is 9.59 Å². The molecule has 0 bridgehead atoms. The van der Waals surface area contributed by atoms with Crippen molar-refractivity contribution in [2.24, 2.45) is 32.9 Å². The van der Waals surface area contributed by atoms with Crippen LogP contribution in [0.15, 0.2) is 70.6 Å². The second-order valence-corrected chi connectivity index (χ2v) is 9.42. The molecule has 2 aromatic heterocycles. The Labute approximate surface area is 239 Å². The van der Waals surface area contributed by atoms with Gasteiger partial charge in [0, 0.05) is 35.3 Å². The van der Waals surface area contributed by atoms with E-state index in [1.54, 1.807) is 12.1 Å². The van der Waals surface area contributed by atoms with Gasteiger partial charge in [-0.3, -0.25) is 19.6 Å². The van der Waals surface area contributed by atoms with Crippen molar-refractivity contribution in [2.45, 2.75) is 12.8 Å². The molecule has 0 spiro atoms. The number of carbonyl (C=O) groups is 2. The second kappa shape index (κ2) is 12.1. The second-order valence-electron chi connectivity index (χ2n) is 9.42. The number of aliphatic imine (C=N–C) groups is 2. The molecule has 2 amide bonds. The van der Waals surface area contributed by atoms with Crippen LogP contribution in [0.3, 0.4) is 0 Å². The van der Waals surface area contributed by atoms with Gasteiger partial charge in [0.2, 0.25) is 11.8 Å². The molecular weight excluding hydrogens is 536 g/mol. The highest BCUT2D eigenvalue weighted by molar-refractivity contribution is 5.95. The lowest BCUT2D eigenvalue weighted by Gasteiger charge is -2.04. The maximum absolute atomic E-state index is 12.2. The molecule has 0 unspecified atom stereocenters. The summed E-state index contributed by atoms with van der Waals surface area (Å²) in [4.78, 5) is 47.9. The van der Waals surface area contributed by atoms with Crippen LogP contribution in [0.5, 0.6) is 0 Å². The van der Waals surface area contributed by atoms with E-state index in [1.165, 1.54) is 0 Å². The number of nitrogens with two attached hydrogens (primary N) is 4. The van der Waals surface area contributed by atoms with Crippen LogP contribution in [-0.4, -0.2) is 56.8 Å². The van der Waals surface area contributed by atoms with Gasteiger partial charge >= 0.3 is 0 Å². The van der Waals surface area contributed by atoms with Gasteiger partial charge in [0.25, 0.3) is 0 Å². The molecule has 5 rings (SSSR count). The van der Waals surface area contributed by atoms with Crippen molar-refractivity contribution in [1.29, 1.82) is 0 Å². The molecule has 3 aromatic carbocycles. The SMILES string of the molecule is NC(N)=NCCC(=O)Nc1ccc2nc(-c3ccc(-c4nc5ccc(NC(=O)CCN=C(N)N)cc5[nH]4)cc3)[nH]c2c1. The number of H-pyrrole nitrogens is 2. The number of rotatable bonds is 10. The van der Waals surface area contributed by atoms with Gasteiger partial charge in [0.15, 0.2) is 11.9 Å². The monoisotopic (exact) mass is 566 g/mol. The third-order valence-electron chi connectivity index (χ3n) is 6.23. The van der Waals surface area contributed by atoms with Gasteiger partial charge in [0.05, 0.1) is 35.2 Å². The number of nitrogens with one attached hydrogen (secondary N) is 4. The molecule has 0 aliphatic heterocycles. The Morgan fingerprint density at radius 1 is 0.643 bits per heavy atom. The minimum Gasteiger partial charge on any atom is -0.370 e. The summed E-state index contributed by atoms with van der Waals surface area (Å²) in [6.07, 6.45) is 0.336. The zero-order chi connectivity index (χ0) is 29.6. The minimum absolute atomic E-state index is 0.0470. The van der Waals surface area contributed by atoms with Gasteiger partial charge in [-0.25, -0.2) is 9.97 Å². The maximum atomic E-state index is 12.2. The molecule has 0 fully saturated rings. The first kappa shape index (κ1) is 27.6. The Balaban J connectivity index is 1.26. The highest BCUT2D eigenvalue weighted by Gasteiger charge is 2.11. The van der Waals surface area contributed by atoms with Crippen molar-refractivity contribution in [3.8, 4) is 22.8 Å². The largest absolute Gasteiger partial charge is 0.370 e. The van der Waals surface area contributed by atoms with Crippen molar-refractivity contribution in [3.63, 3.8) is 0 Å². The molecule has 14 nitrogen and oxygen atoms in total. The van der Waals surface area contributed by atoms with Crippen molar-refractivity contribution >= 4 is 57.2 Å². The van der Waals surface area contributed by atoms with Crippen LogP contribution in [0.4, 0.5) is 11.4 Å². The molecular formula is C28H30N12O2. The number of hydrogen-bond acceptors (Lipinski definition) is 6. The van der Waals surface area contributed by atoms with E-state index in [0.717, 1.165) is 33.2 Å². The van der Waals surface area contributed by atoms with Crippen LogP contribution in [0.2, 0.25) is 0 Å². The Kier molecular flexibility index (Phi) is 7.95. The number of aromatic nitrogens is 4. The molecule has 5 aromatic rings. The lowest BCUT2D eigenvalue weighted by molar-refractivity contribution is -0.116. The fourth-order valence-corrected chi connectivity index (χ4v) is 4.25. The summed E-state index contributed by atoms with van der Waals surface area (Å²) in [5.41, 5.74) is 27.3. The quantitative estimate of drug-likeness (QED) is 0.0915. The minimum atomic E-state index is -0.194. The van der Waals surface area contributed by atoms with Crippen molar-refractivity contribution in [2.75, 3.05) is 23.7 Å². The number of aromatic amines is 2. The van der Waals surface area contributed by atoms with E-state index in [2.05, 4.69) is 40.6 Å². The number of anilines is 2. The van der Waals surface area contributed by atoms with Gasteiger partial charge in [-0.1, -0.05) is 24.3 Å². The van der Waals surface area contributed by atoms with Crippen LogP contribution < -0.4 is 33.6 Å². The summed E-state index contributed by atoms with van der Waals surface area (Å²) in [6, 6.07) is 18.7. The first-order chi connectivity index (χ1) is 20.2. The molecule has 2 heterocycles. The smallest absolute Gasteiger partial charge is 0.226 e. The summed E-state index contributed by atoms with van der Waals surface area (Å²) >= 11 is 0. The lowest BCUT2D eigenvalue weighted by Crippen LogP contribution is -2.23. The van der Waals surface area contributed by atoms with E-state index in [4.69, 9.17) is 22.9 Å². The average molecular weight is 567 g/mol. The van der Waals surface area contributed by atoms with Gasteiger partial charge in [-0.15, -0.1) is 0 Å². The van der Waals surface area contributed by atoms with Crippen LogP contribution in [0.25, 0.3) is 44.8 Å². The predicted octanol–water partition coefficient (Wildman–Crippen LogP) is 1.98. The van der Waals surface area contributed by atoms with Gasteiger partial charge in [-0.2, -0.15) is 0 Å². The summed E-state index contributed by atoms with van der Waals surface area (Å²) in [6.45, 7) is 0.438. The molecule has 42 heavy (non-hydrogen) atoms. The number of guanidine groups is 2. The van der Waals surface area contributed by atoms with Crippen molar-refractivity contribution < 1.29 is 9.59 Å². The normalized spacial score (nSPS) is 10.9. The Bertz CT molecular complexity index is 1680. The van der Waals surface area contributed by atoms with Crippen LogP contribution in [0, 0.1) is 0 Å². The number of fused-ring (bicyclic) bond motifs is 2. The highest BCUT2D eigenvalue weighted by Crippen LogP contribution is 2.27. The van der Waals surface area contributed by atoms with Gasteiger partial charge < -0.3 is 43.5 Å². The zero-order valence-electron chi connectivity index (χ0n) is 22.5. The van der Waals surface area contributed by atoms with E-state index in [1.807, 2.05) is 48.5 Å². The van der Waals surface area contributed by atoms with Crippen LogP contribution in [0.1, 0.15) is 12.8 Å². The number of carbonyl (C=O) groups excluding carboxylic acids is 2. The van der Waals surface area contributed by atoms with Gasteiger partial charge in [0.1, 0.15) is 11.6 Å². The molecule has 0 aliphatic rings. The van der Waals surface area contributed by atoms with E-state index < -0.39 is 0 Å². The number of hydrogen-bond donors (Lipinski definition) is 8. The standard InChI is InChI=1S/C28H30N12O2/c29-27(30)33-11-9-23(41)35-17-5-7-19-21(13-17)39-25(37-19)15-1-2-16(4-3-15)26-38-20-8-6-18(14-22(20)40-26)36-24(42)10-12-34-28(31)32/h1-8,13-14H,9-12H2,(H,35,41)(H,36,42)(H,37,39)(H,38,40)(H4,29,30,33)(H4,31,32,34). The average Bonchev–Trinajstić information content (AvgIpc) is 3.56. The van der Waals surface area contributed by atoms with Gasteiger partial charge in [-0.05, 0) is 36.4 Å². The molecule has 0 saturated carbocycles. The number of imidazole rings is 2. The Morgan fingerprint density at radius 2 is 1.05 bits per heavy atom. The van der Waals surface area contributed by atoms with E-state index in [-0.39, 0.29) is 49.7 Å². The van der Waals surface area contributed by atoms with E-state index in [0.29, 0.717) is 23.0 Å². The predicted molar refractivity (Wildman–Crippen MR) is 164 cm³/mol. The third-order valence-corrected chi connectivity index (χ3v) is 6.23. The van der Waals surface area contributed by atoms with Crippen molar-refractivity contribution in [1.82, 2.24) is 19.9 Å². The summed E-state index contributed by atoms with van der Waals surface area (Å²) in [5, 5.41) is 5.67. The fourth-order valence-electron chi connectivity index (χ4n) is 4.25. The van der Waals surface area contributed by atoms with E-state index >= 15 is 0 Å².